The standard InChI is InChI=1S/C22H31N3O4/c1-12-9-14(21(3,4)5)18(15(10-12)22(6,7)8)29-11-16(26)24-17-13(2)23-20(28)25-19(17)27/h9-10H,11H2,1-8H3,(H,24,26)(H2,23,25,27,28). The van der Waals surface area contributed by atoms with E-state index in [1.807, 2.05) is 6.92 Å². The van der Waals surface area contributed by atoms with Gasteiger partial charge in [0.2, 0.25) is 0 Å². The monoisotopic (exact) mass is 401 g/mol. The van der Waals surface area contributed by atoms with Crippen LogP contribution in [0.25, 0.3) is 0 Å². The third-order valence-corrected chi connectivity index (χ3v) is 4.59. The molecule has 0 saturated carbocycles. The van der Waals surface area contributed by atoms with E-state index in [4.69, 9.17) is 4.74 Å². The summed E-state index contributed by atoms with van der Waals surface area (Å²) in [4.78, 5) is 40.3. The molecule has 0 atom stereocenters. The first-order chi connectivity index (χ1) is 13.2. The van der Waals surface area contributed by atoms with Gasteiger partial charge in [0.05, 0.1) is 0 Å². The van der Waals surface area contributed by atoms with Crippen molar-refractivity contribution in [2.24, 2.45) is 0 Å². The first-order valence-electron chi connectivity index (χ1n) is 9.61. The molecule has 0 aliphatic carbocycles. The predicted molar refractivity (Wildman–Crippen MR) is 115 cm³/mol. The zero-order chi connectivity index (χ0) is 22.1. The second-order valence-corrected chi connectivity index (χ2v) is 9.43. The molecule has 158 valence electrons. The minimum Gasteiger partial charge on any atom is -0.483 e. The Morgan fingerprint density at radius 2 is 1.48 bits per heavy atom. The number of amides is 1. The van der Waals surface area contributed by atoms with Gasteiger partial charge in [-0.05, 0) is 24.7 Å². The number of rotatable bonds is 4. The summed E-state index contributed by atoms with van der Waals surface area (Å²) in [5, 5.41) is 2.53. The number of hydrogen-bond donors (Lipinski definition) is 3. The van der Waals surface area contributed by atoms with Crippen LogP contribution in [0.2, 0.25) is 0 Å². The van der Waals surface area contributed by atoms with Crippen molar-refractivity contribution in [3.05, 3.63) is 55.4 Å². The molecule has 0 saturated heterocycles. The van der Waals surface area contributed by atoms with Gasteiger partial charge in [0, 0.05) is 16.8 Å². The number of carbonyl (C=O) groups excluding carboxylic acids is 1. The van der Waals surface area contributed by atoms with Crippen LogP contribution in [0.3, 0.4) is 0 Å². The van der Waals surface area contributed by atoms with Crippen molar-refractivity contribution in [2.45, 2.75) is 66.2 Å². The van der Waals surface area contributed by atoms with Crippen LogP contribution in [-0.2, 0) is 15.6 Å². The fourth-order valence-electron chi connectivity index (χ4n) is 3.11. The average Bonchev–Trinajstić information content (AvgIpc) is 2.54. The van der Waals surface area contributed by atoms with Crippen LogP contribution in [0.15, 0.2) is 21.7 Å². The normalized spacial score (nSPS) is 12.0. The lowest BCUT2D eigenvalue weighted by atomic mass is 9.78. The van der Waals surface area contributed by atoms with Gasteiger partial charge in [-0.3, -0.25) is 14.6 Å². The molecular weight excluding hydrogens is 370 g/mol. The number of aromatic amines is 2. The van der Waals surface area contributed by atoms with Crippen LogP contribution in [0.1, 0.15) is 63.9 Å². The number of aryl methyl sites for hydroxylation is 2. The van der Waals surface area contributed by atoms with Crippen molar-refractivity contribution in [3.8, 4) is 5.75 Å². The molecule has 2 rings (SSSR count). The lowest BCUT2D eigenvalue weighted by Gasteiger charge is -2.30. The molecule has 0 aliphatic heterocycles. The first-order valence-corrected chi connectivity index (χ1v) is 9.61. The molecule has 0 radical (unpaired) electrons. The SMILES string of the molecule is Cc1cc(C(C)(C)C)c(OCC(=O)Nc2c(C)[nH]c(=O)[nH]c2=O)c(C(C)(C)C)c1. The minimum atomic E-state index is -0.652. The fraction of sp³-hybridized carbons (Fsp3) is 0.500. The van der Waals surface area contributed by atoms with E-state index in [1.165, 1.54) is 0 Å². The lowest BCUT2D eigenvalue weighted by molar-refractivity contribution is -0.118. The zero-order valence-corrected chi connectivity index (χ0v) is 18.5. The number of aromatic nitrogens is 2. The van der Waals surface area contributed by atoms with Crippen LogP contribution in [0.5, 0.6) is 5.75 Å². The van der Waals surface area contributed by atoms with Crippen LogP contribution in [0, 0.1) is 13.8 Å². The summed E-state index contributed by atoms with van der Waals surface area (Å²) in [5.41, 5.74) is 1.84. The van der Waals surface area contributed by atoms with Crippen LogP contribution in [-0.4, -0.2) is 22.5 Å². The Labute approximate surface area is 170 Å². The number of anilines is 1. The van der Waals surface area contributed by atoms with E-state index in [9.17, 15) is 14.4 Å². The summed E-state index contributed by atoms with van der Waals surface area (Å²) >= 11 is 0. The summed E-state index contributed by atoms with van der Waals surface area (Å²) in [7, 11) is 0. The number of carbonyl (C=O) groups is 1. The maximum Gasteiger partial charge on any atom is 0.326 e. The van der Waals surface area contributed by atoms with Gasteiger partial charge in [-0.1, -0.05) is 59.2 Å². The highest BCUT2D eigenvalue weighted by Gasteiger charge is 2.28. The molecule has 3 N–H and O–H groups in total. The number of hydrogen-bond acceptors (Lipinski definition) is 4. The molecule has 0 fully saturated rings. The van der Waals surface area contributed by atoms with E-state index in [-0.39, 0.29) is 28.8 Å². The van der Waals surface area contributed by atoms with Crippen molar-refractivity contribution < 1.29 is 9.53 Å². The average molecular weight is 402 g/mol. The minimum absolute atomic E-state index is 0.00851. The van der Waals surface area contributed by atoms with Crippen LogP contribution < -0.4 is 21.3 Å². The third-order valence-electron chi connectivity index (χ3n) is 4.59. The first kappa shape index (κ1) is 22.5. The van der Waals surface area contributed by atoms with E-state index >= 15 is 0 Å². The van der Waals surface area contributed by atoms with E-state index in [0.29, 0.717) is 5.75 Å². The molecule has 0 unspecified atom stereocenters. The molecule has 0 spiro atoms. The highest BCUT2D eigenvalue weighted by molar-refractivity contribution is 5.92. The molecular formula is C22H31N3O4. The molecule has 0 bridgehead atoms. The smallest absolute Gasteiger partial charge is 0.326 e. The van der Waals surface area contributed by atoms with E-state index in [0.717, 1.165) is 16.7 Å². The molecule has 2 aromatic rings. The Morgan fingerprint density at radius 3 is 1.93 bits per heavy atom. The van der Waals surface area contributed by atoms with Gasteiger partial charge >= 0.3 is 5.69 Å². The third kappa shape index (κ3) is 5.37. The van der Waals surface area contributed by atoms with Crippen molar-refractivity contribution in [1.29, 1.82) is 0 Å². The second-order valence-electron chi connectivity index (χ2n) is 9.43. The molecule has 1 aromatic heterocycles. The Bertz CT molecular complexity index is 999. The second kappa shape index (κ2) is 7.89. The Kier molecular flexibility index (Phi) is 6.11. The summed E-state index contributed by atoms with van der Waals surface area (Å²) in [6.45, 7) is 15.9. The van der Waals surface area contributed by atoms with Gasteiger partial charge in [-0.25, -0.2) is 4.79 Å². The number of nitrogens with one attached hydrogen (secondary N) is 3. The van der Waals surface area contributed by atoms with E-state index in [1.54, 1.807) is 6.92 Å². The van der Waals surface area contributed by atoms with Crippen LogP contribution in [0.4, 0.5) is 5.69 Å². The van der Waals surface area contributed by atoms with Gasteiger partial charge < -0.3 is 15.0 Å². The van der Waals surface area contributed by atoms with Gasteiger partial charge in [-0.15, -0.1) is 0 Å². The Hall–Kier alpha value is -2.83. The summed E-state index contributed by atoms with van der Waals surface area (Å²) in [6.07, 6.45) is 0. The Morgan fingerprint density at radius 1 is 0.966 bits per heavy atom. The van der Waals surface area contributed by atoms with Gasteiger partial charge in [0.25, 0.3) is 11.5 Å². The summed E-state index contributed by atoms with van der Waals surface area (Å²) in [6, 6.07) is 4.17. The maximum absolute atomic E-state index is 12.5. The van der Waals surface area contributed by atoms with Gasteiger partial charge in [0.15, 0.2) is 6.61 Å². The largest absolute Gasteiger partial charge is 0.483 e. The van der Waals surface area contributed by atoms with Crippen molar-refractivity contribution in [2.75, 3.05) is 11.9 Å². The van der Waals surface area contributed by atoms with Crippen molar-refractivity contribution in [1.82, 2.24) is 9.97 Å². The highest BCUT2D eigenvalue weighted by Crippen LogP contribution is 2.40. The molecule has 1 aromatic carbocycles. The number of ether oxygens (including phenoxy) is 1. The highest BCUT2D eigenvalue weighted by atomic mass is 16.5. The van der Waals surface area contributed by atoms with Gasteiger partial charge in [0.1, 0.15) is 11.4 Å². The zero-order valence-electron chi connectivity index (χ0n) is 18.5. The topological polar surface area (TPSA) is 104 Å². The Balaban J connectivity index is 2.36. The van der Waals surface area contributed by atoms with Gasteiger partial charge in [-0.2, -0.15) is 0 Å². The molecule has 1 amide bonds. The molecule has 1 heterocycles. The fourth-order valence-corrected chi connectivity index (χ4v) is 3.11. The molecule has 29 heavy (non-hydrogen) atoms. The van der Waals surface area contributed by atoms with E-state index < -0.39 is 17.2 Å². The summed E-state index contributed by atoms with van der Waals surface area (Å²) < 4.78 is 6.02. The quantitative estimate of drug-likeness (QED) is 0.731. The summed E-state index contributed by atoms with van der Waals surface area (Å²) in [5.74, 6) is 0.212. The molecule has 0 aliphatic rings. The predicted octanol–water partition coefficient (Wildman–Crippen LogP) is 3.29. The number of H-pyrrole nitrogens is 2. The van der Waals surface area contributed by atoms with Crippen molar-refractivity contribution in [3.63, 3.8) is 0 Å². The molecule has 7 heteroatoms. The van der Waals surface area contributed by atoms with E-state index in [2.05, 4.69) is 69.0 Å². The number of benzene rings is 1. The maximum atomic E-state index is 12.5. The van der Waals surface area contributed by atoms with Crippen molar-refractivity contribution >= 4 is 11.6 Å². The van der Waals surface area contributed by atoms with Crippen LogP contribution >= 0.6 is 0 Å². The molecule has 7 nitrogen and oxygen atoms in total. The lowest BCUT2D eigenvalue weighted by Crippen LogP contribution is -2.31.